The maximum atomic E-state index is 7.61. The van der Waals surface area contributed by atoms with Gasteiger partial charge in [-0.2, -0.15) is 5.10 Å². The molecule has 0 radical (unpaired) electrons. The first-order valence-electron chi connectivity index (χ1n) is 5.28. The van der Waals surface area contributed by atoms with Crippen molar-refractivity contribution in [1.29, 1.82) is 5.41 Å². The summed E-state index contributed by atoms with van der Waals surface area (Å²) >= 11 is 9.48. The lowest BCUT2D eigenvalue weighted by atomic mass is 10.1. The first-order chi connectivity index (χ1) is 8.41. The highest BCUT2D eigenvalue weighted by molar-refractivity contribution is 9.10. The molecular weight excluding hydrogens is 316 g/mol. The number of hydrogen-bond donors (Lipinski definition) is 2. The summed E-state index contributed by atoms with van der Waals surface area (Å²) in [6, 6.07) is 5.19. The van der Waals surface area contributed by atoms with E-state index in [9.17, 15) is 0 Å². The Morgan fingerprint density at radius 3 is 2.61 bits per heavy atom. The third kappa shape index (κ3) is 2.15. The molecule has 1 aromatic carbocycles. The second-order valence-corrected chi connectivity index (χ2v) is 5.20. The molecule has 0 aliphatic carbocycles. The molecule has 2 aromatic rings. The molecule has 0 saturated heterocycles. The smallest absolute Gasteiger partial charge is 0.124 e. The second kappa shape index (κ2) is 4.74. The molecule has 0 saturated carbocycles. The lowest BCUT2D eigenvalue weighted by Crippen LogP contribution is -2.15. The van der Waals surface area contributed by atoms with Crippen LogP contribution in [-0.2, 0) is 0 Å². The van der Waals surface area contributed by atoms with E-state index in [1.807, 2.05) is 13.8 Å². The van der Waals surface area contributed by atoms with E-state index in [-0.39, 0.29) is 5.84 Å². The number of amidine groups is 1. The van der Waals surface area contributed by atoms with E-state index in [2.05, 4.69) is 21.0 Å². The third-order valence-electron chi connectivity index (χ3n) is 2.68. The molecule has 1 heterocycles. The van der Waals surface area contributed by atoms with Crippen molar-refractivity contribution in [3.63, 3.8) is 0 Å². The van der Waals surface area contributed by atoms with Crippen LogP contribution in [0.25, 0.3) is 5.69 Å². The van der Waals surface area contributed by atoms with Crippen molar-refractivity contribution >= 4 is 33.4 Å². The van der Waals surface area contributed by atoms with Gasteiger partial charge in [-0.15, -0.1) is 0 Å². The fraction of sp³-hybridized carbons (Fsp3) is 0.167. The van der Waals surface area contributed by atoms with Gasteiger partial charge in [0.15, 0.2) is 0 Å². The number of rotatable bonds is 2. The Labute approximate surface area is 118 Å². The average Bonchev–Trinajstić information content (AvgIpc) is 2.56. The molecule has 0 spiro atoms. The maximum absolute atomic E-state index is 7.61. The summed E-state index contributed by atoms with van der Waals surface area (Å²) in [5, 5.41) is 12.6. The van der Waals surface area contributed by atoms with Gasteiger partial charge in [0, 0.05) is 10.6 Å². The van der Waals surface area contributed by atoms with Crippen LogP contribution in [0.3, 0.4) is 0 Å². The van der Waals surface area contributed by atoms with Crippen molar-refractivity contribution in [2.75, 3.05) is 0 Å². The van der Waals surface area contributed by atoms with E-state index in [1.165, 1.54) is 0 Å². The Bertz CT molecular complexity index is 633. The Hall–Kier alpha value is -1.33. The topological polar surface area (TPSA) is 67.7 Å². The molecule has 0 fully saturated rings. The van der Waals surface area contributed by atoms with E-state index in [0.717, 1.165) is 15.9 Å². The Kier molecular flexibility index (Phi) is 3.45. The lowest BCUT2D eigenvalue weighted by molar-refractivity contribution is 0.831. The van der Waals surface area contributed by atoms with Gasteiger partial charge >= 0.3 is 0 Å². The fourth-order valence-electron chi connectivity index (χ4n) is 1.77. The minimum absolute atomic E-state index is 0.00894. The zero-order chi connectivity index (χ0) is 13.4. The van der Waals surface area contributed by atoms with Crippen LogP contribution in [0.1, 0.15) is 17.0 Å². The molecule has 94 valence electrons. The Morgan fingerprint density at radius 2 is 2.11 bits per heavy atom. The standard InChI is InChI=1S/C12H12BrClN4/c1-6-11(13)7(2)18(17-6)10-5-8(14)3-4-9(10)12(15)16/h3-5H,1-2H3,(H3,15,16). The van der Waals surface area contributed by atoms with Gasteiger partial charge in [0.1, 0.15) is 5.84 Å². The van der Waals surface area contributed by atoms with E-state index in [0.29, 0.717) is 16.3 Å². The molecule has 0 unspecified atom stereocenters. The zero-order valence-corrected chi connectivity index (χ0v) is 12.3. The molecule has 3 N–H and O–H groups in total. The molecule has 0 aliphatic heterocycles. The molecule has 2 rings (SSSR count). The summed E-state index contributed by atoms with van der Waals surface area (Å²) in [5.74, 6) is -0.00894. The van der Waals surface area contributed by atoms with Gasteiger partial charge in [-0.3, -0.25) is 5.41 Å². The van der Waals surface area contributed by atoms with Gasteiger partial charge in [-0.1, -0.05) is 11.6 Å². The van der Waals surface area contributed by atoms with Gasteiger partial charge in [0.2, 0.25) is 0 Å². The summed E-state index contributed by atoms with van der Waals surface area (Å²) < 4.78 is 2.68. The van der Waals surface area contributed by atoms with Gasteiger partial charge in [0.05, 0.1) is 21.5 Å². The molecule has 0 atom stereocenters. The minimum Gasteiger partial charge on any atom is -0.384 e. The number of aryl methyl sites for hydroxylation is 1. The van der Waals surface area contributed by atoms with Crippen molar-refractivity contribution in [2.24, 2.45) is 5.73 Å². The largest absolute Gasteiger partial charge is 0.384 e. The highest BCUT2D eigenvalue weighted by Crippen LogP contribution is 2.26. The number of nitrogens with two attached hydrogens (primary N) is 1. The number of hydrogen-bond acceptors (Lipinski definition) is 2. The summed E-state index contributed by atoms with van der Waals surface area (Å²) in [7, 11) is 0. The van der Waals surface area contributed by atoms with Crippen LogP contribution in [0.2, 0.25) is 5.02 Å². The fourth-order valence-corrected chi connectivity index (χ4v) is 2.18. The minimum atomic E-state index is -0.00894. The normalized spacial score (nSPS) is 10.7. The lowest BCUT2D eigenvalue weighted by Gasteiger charge is -2.10. The SMILES string of the molecule is Cc1nn(-c2cc(Cl)ccc2C(=N)N)c(C)c1Br. The molecule has 6 heteroatoms. The predicted octanol–water partition coefficient (Wildman–Crippen LogP) is 3.19. The van der Waals surface area contributed by atoms with Crippen molar-refractivity contribution < 1.29 is 0 Å². The highest BCUT2D eigenvalue weighted by atomic mass is 79.9. The highest BCUT2D eigenvalue weighted by Gasteiger charge is 2.15. The number of nitrogens with zero attached hydrogens (tertiary/aromatic N) is 2. The van der Waals surface area contributed by atoms with E-state index in [4.69, 9.17) is 22.7 Å². The Balaban J connectivity index is 2.73. The van der Waals surface area contributed by atoms with Crippen LogP contribution in [0.15, 0.2) is 22.7 Å². The van der Waals surface area contributed by atoms with Crippen LogP contribution in [0.5, 0.6) is 0 Å². The third-order valence-corrected chi connectivity index (χ3v) is 4.06. The summed E-state index contributed by atoms with van der Waals surface area (Å²) in [5.41, 5.74) is 8.72. The summed E-state index contributed by atoms with van der Waals surface area (Å²) in [6.45, 7) is 3.85. The van der Waals surface area contributed by atoms with Crippen LogP contribution in [-0.4, -0.2) is 15.6 Å². The van der Waals surface area contributed by atoms with E-state index in [1.54, 1.807) is 22.9 Å². The van der Waals surface area contributed by atoms with Gasteiger partial charge in [0.25, 0.3) is 0 Å². The predicted molar refractivity (Wildman–Crippen MR) is 76.8 cm³/mol. The van der Waals surface area contributed by atoms with Crippen LogP contribution >= 0.6 is 27.5 Å². The molecule has 0 aliphatic rings. The molecule has 18 heavy (non-hydrogen) atoms. The quantitative estimate of drug-likeness (QED) is 0.657. The molecule has 1 aromatic heterocycles. The van der Waals surface area contributed by atoms with Crippen LogP contribution < -0.4 is 5.73 Å². The molecular formula is C12H12BrClN4. The Morgan fingerprint density at radius 1 is 1.44 bits per heavy atom. The van der Waals surface area contributed by atoms with Gasteiger partial charge in [-0.05, 0) is 48.0 Å². The molecule has 0 amide bonds. The monoisotopic (exact) mass is 326 g/mol. The molecule has 0 bridgehead atoms. The zero-order valence-electron chi connectivity index (χ0n) is 9.96. The maximum Gasteiger partial charge on any atom is 0.124 e. The van der Waals surface area contributed by atoms with Gasteiger partial charge in [-0.25, -0.2) is 4.68 Å². The van der Waals surface area contributed by atoms with Gasteiger partial charge < -0.3 is 5.73 Å². The first kappa shape index (κ1) is 13.1. The van der Waals surface area contributed by atoms with Crippen molar-refractivity contribution in [1.82, 2.24) is 9.78 Å². The van der Waals surface area contributed by atoms with Crippen molar-refractivity contribution in [3.8, 4) is 5.69 Å². The van der Waals surface area contributed by atoms with E-state index < -0.39 is 0 Å². The number of benzene rings is 1. The number of nitrogen functional groups attached to an aromatic ring is 1. The van der Waals surface area contributed by atoms with Crippen molar-refractivity contribution in [3.05, 3.63) is 44.6 Å². The molecule has 4 nitrogen and oxygen atoms in total. The van der Waals surface area contributed by atoms with Crippen LogP contribution in [0.4, 0.5) is 0 Å². The average molecular weight is 328 g/mol. The number of halogens is 2. The number of aromatic nitrogens is 2. The number of nitrogens with one attached hydrogen (secondary N) is 1. The summed E-state index contributed by atoms with van der Waals surface area (Å²) in [4.78, 5) is 0. The first-order valence-corrected chi connectivity index (χ1v) is 6.45. The van der Waals surface area contributed by atoms with Crippen molar-refractivity contribution in [2.45, 2.75) is 13.8 Å². The second-order valence-electron chi connectivity index (χ2n) is 3.97. The van der Waals surface area contributed by atoms with Crippen LogP contribution in [0, 0.1) is 19.3 Å². The van der Waals surface area contributed by atoms with E-state index >= 15 is 0 Å². The summed E-state index contributed by atoms with van der Waals surface area (Å²) in [6.07, 6.45) is 0.